The summed E-state index contributed by atoms with van der Waals surface area (Å²) in [5.74, 6) is 0.525. The fourth-order valence-electron chi connectivity index (χ4n) is 1.66. The second-order valence-electron chi connectivity index (χ2n) is 3.69. The van der Waals surface area contributed by atoms with Gasteiger partial charge >= 0.3 is 0 Å². The molecule has 0 fully saturated rings. The largest absolute Gasteiger partial charge is 0.494 e. The average molecular weight is 262 g/mol. The van der Waals surface area contributed by atoms with Gasteiger partial charge in [0.2, 0.25) is 0 Å². The minimum absolute atomic E-state index is 0.120. The van der Waals surface area contributed by atoms with Crippen LogP contribution in [0.3, 0.4) is 0 Å². The standard InChI is InChI=1S/C13H14N2O2S/c1-17-11-8-14-15(13(16)12(11)18-2)9-10-6-4-3-5-7-10/h3-8H,9H2,1-2H3. The van der Waals surface area contributed by atoms with E-state index in [1.165, 1.54) is 23.6 Å². The Bertz CT molecular complexity index is 581. The van der Waals surface area contributed by atoms with Crippen LogP contribution in [0.5, 0.6) is 5.75 Å². The van der Waals surface area contributed by atoms with Crippen LogP contribution in [-0.2, 0) is 6.54 Å². The molecule has 0 spiro atoms. The molecule has 0 atom stereocenters. The quantitative estimate of drug-likeness (QED) is 0.791. The lowest BCUT2D eigenvalue weighted by Gasteiger charge is -2.09. The maximum atomic E-state index is 12.2. The number of hydrogen-bond donors (Lipinski definition) is 0. The van der Waals surface area contributed by atoms with Gasteiger partial charge in [-0.2, -0.15) is 5.10 Å². The number of hydrogen-bond acceptors (Lipinski definition) is 4. The number of ether oxygens (including phenoxy) is 1. The molecule has 0 saturated heterocycles. The van der Waals surface area contributed by atoms with E-state index in [-0.39, 0.29) is 5.56 Å². The minimum Gasteiger partial charge on any atom is -0.494 e. The van der Waals surface area contributed by atoms with Crippen molar-refractivity contribution in [3.63, 3.8) is 0 Å². The molecule has 0 saturated carbocycles. The smallest absolute Gasteiger partial charge is 0.284 e. The van der Waals surface area contributed by atoms with E-state index in [0.29, 0.717) is 17.2 Å². The van der Waals surface area contributed by atoms with Crippen LogP contribution < -0.4 is 10.3 Å². The molecular weight excluding hydrogens is 248 g/mol. The zero-order chi connectivity index (χ0) is 13.0. The molecule has 4 nitrogen and oxygen atoms in total. The van der Waals surface area contributed by atoms with Crippen molar-refractivity contribution in [2.24, 2.45) is 0 Å². The summed E-state index contributed by atoms with van der Waals surface area (Å²) in [6.07, 6.45) is 3.43. The van der Waals surface area contributed by atoms with Crippen molar-refractivity contribution < 1.29 is 4.74 Å². The van der Waals surface area contributed by atoms with Gasteiger partial charge in [-0.3, -0.25) is 4.79 Å². The van der Waals surface area contributed by atoms with E-state index in [4.69, 9.17) is 4.74 Å². The van der Waals surface area contributed by atoms with Gasteiger partial charge in [0.15, 0.2) is 5.75 Å². The van der Waals surface area contributed by atoms with E-state index in [0.717, 1.165) is 5.56 Å². The van der Waals surface area contributed by atoms with Gasteiger partial charge in [-0.05, 0) is 11.8 Å². The van der Waals surface area contributed by atoms with Crippen LogP contribution >= 0.6 is 11.8 Å². The molecule has 0 aliphatic heterocycles. The van der Waals surface area contributed by atoms with Crippen LogP contribution in [0.15, 0.2) is 46.2 Å². The molecule has 0 aliphatic rings. The number of nitrogens with zero attached hydrogens (tertiary/aromatic N) is 2. The van der Waals surface area contributed by atoms with Crippen molar-refractivity contribution in [1.82, 2.24) is 9.78 Å². The van der Waals surface area contributed by atoms with Crippen LogP contribution in [0.1, 0.15) is 5.56 Å². The highest BCUT2D eigenvalue weighted by molar-refractivity contribution is 7.98. The predicted octanol–water partition coefficient (Wildman–Crippen LogP) is 2.02. The molecule has 2 rings (SSSR count). The first-order chi connectivity index (χ1) is 8.76. The number of thioether (sulfide) groups is 1. The third kappa shape index (κ3) is 2.56. The van der Waals surface area contributed by atoms with Crippen molar-refractivity contribution in [3.8, 4) is 5.75 Å². The zero-order valence-corrected chi connectivity index (χ0v) is 11.1. The molecule has 0 aliphatic carbocycles. The Hall–Kier alpha value is -1.75. The maximum absolute atomic E-state index is 12.2. The van der Waals surface area contributed by atoms with Crippen molar-refractivity contribution in [3.05, 3.63) is 52.4 Å². The molecule has 0 unspecified atom stereocenters. The van der Waals surface area contributed by atoms with Gasteiger partial charge in [0.05, 0.1) is 19.9 Å². The second kappa shape index (κ2) is 5.73. The third-order valence-electron chi connectivity index (χ3n) is 2.57. The zero-order valence-electron chi connectivity index (χ0n) is 10.3. The Morgan fingerprint density at radius 3 is 2.67 bits per heavy atom. The Morgan fingerprint density at radius 2 is 2.06 bits per heavy atom. The first kappa shape index (κ1) is 12.7. The Balaban J connectivity index is 2.38. The number of benzene rings is 1. The number of aromatic nitrogens is 2. The number of methoxy groups -OCH3 is 1. The predicted molar refractivity (Wildman–Crippen MR) is 72.4 cm³/mol. The fourth-order valence-corrected chi connectivity index (χ4v) is 2.28. The lowest BCUT2D eigenvalue weighted by Crippen LogP contribution is -2.25. The van der Waals surface area contributed by atoms with E-state index in [1.807, 2.05) is 36.6 Å². The topological polar surface area (TPSA) is 44.1 Å². The molecular formula is C13H14N2O2S. The molecule has 5 heteroatoms. The lowest BCUT2D eigenvalue weighted by atomic mass is 10.2. The maximum Gasteiger partial charge on any atom is 0.284 e. The summed E-state index contributed by atoms with van der Waals surface area (Å²) in [5.41, 5.74) is 0.926. The molecule has 0 amide bonds. The van der Waals surface area contributed by atoms with E-state index in [2.05, 4.69) is 5.10 Å². The van der Waals surface area contributed by atoms with Crippen LogP contribution in [0.25, 0.3) is 0 Å². The highest BCUT2D eigenvalue weighted by Crippen LogP contribution is 2.21. The molecule has 94 valence electrons. The second-order valence-corrected chi connectivity index (χ2v) is 4.51. The molecule has 1 aromatic heterocycles. The van der Waals surface area contributed by atoms with Gasteiger partial charge in [-0.25, -0.2) is 4.68 Å². The van der Waals surface area contributed by atoms with E-state index >= 15 is 0 Å². The molecule has 1 aromatic carbocycles. The van der Waals surface area contributed by atoms with Crippen molar-refractivity contribution in [2.45, 2.75) is 11.4 Å². The normalized spacial score (nSPS) is 10.3. The molecule has 0 bridgehead atoms. The Labute approximate surface area is 110 Å². The highest BCUT2D eigenvalue weighted by Gasteiger charge is 2.10. The summed E-state index contributed by atoms with van der Waals surface area (Å²) in [6, 6.07) is 9.77. The van der Waals surface area contributed by atoms with Crippen LogP contribution in [0.2, 0.25) is 0 Å². The van der Waals surface area contributed by atoms with Gasteiger partial charge in [-0.15, -0.1) is 11.8 Å². The monoisotopic (exact) mass is 262 g/mol. The summed E-state index contributed by atoms with van der Waals surface area (Å²) in [4.78, 5) is 12.8. The number of rotatable bonds is 4. The van der Waals surface area contributed by atoms with Crippen LogP contribution in [0, 0.1) is 0 Å². The van der Waals surface area contributed by atoms with Crippen molar-refractivity contribution in [1.29, 1.82) is 0 Å². The summed E-state index contributed by atoms with van der Waals surface area (Å²) < 4.78 is 6.57. The first-order valence-corrected chi connectivity index (χ1v) is 6.70. The van der Waals surface area contributed by atoms with E-state index in [9.17, 15) is 4.79 Å². The molecule has 1 heterocycles. The molecule has 18 heavy (non-hydrogen) atoms. The minimum atomic E-state index is -0.120. The van der Waals surface area contributed by atoms with E-state index < -0.39 is 0 Å². The summed E-state index contributed by atoms with van der Waals surface area (Å²) in [5, 5.41) is 4.12. The third-order valence-corrected chi connectivity index (χ3v) is 3.35. The van der Waals surface area contributed by atoms with E-state index in [1.54, 1.807) is 6.20 Å². The summed E-state index contributed by atoms with van der Waals surface area (Å²) in [7, 11) is 1.54. The average Bonchev–Trinajstić information content (AvgIpc) is 2.42. The fraction of sp³-hybridized carbons (Fsp3) is 0.231. The van der Waals surface area contributed by atoms with Crippen LogP contribution in [-0.4, -0.2) is 23.1 Å². The summed E-state index contributed by atoms with van der Waals surface area (Å²) in [6.45, 7) is 0.469. The molecule has 2 aromatic rings. The van der Waals surface area contributed by atoms with Crippen LogP contribution in [0.4, 0.5) is 0 Å². The van der Waals surface area contributed by atoms with Crippen molar-refractivity contribution in [2.75, 3.05) is 13.4 Å². The van der Waals surface area contributed by atoms with Gasteiger partial charge in [0.25, 0.3) is 5.56 Å². The van der Waals surface area contributed by atoms with Gasteiger partial charge in [0, 0.05) is 0 Å². The van der Waals surface area contributed by atoms with Gasteiger partial charge in [0.1, 0.15) is 4.90 Å². The first-order valence-electron chi connectivity index (χ1n) is 5.48. The Kier molecular flexibility index (Phi) is 4.04. The Morgan fingerprint density at radius 1 is 1.33 bits per heavy atom. The molecule has 0 radical (unpaired) electrons. The lowest BCUT2D eigenvalue weighted by molar-refractivity contribution is 0.394. The van der Waals surface area contributed by atoms with Gasteiger partial charge < -0.3 is 4.74 Å². The van der Waals surface area contributed by atoms with Crippen molar-refractivity contribution >= 4 is 11.8 Å². The summed E-state index contributed by atoms with van der Waals surface area (Å²) >= 11 is 1.37. The van der Waals surface area contributed by atoms with Gasteiger partial charge in [-0.1, -0.05) is 30.3 Å². The highest BCUT2D eigenvalue weighted by atomic mass is 32.2. The molecule has 0 N–H and O–H groups in total. The SMILES string of the molecule is COc1cnn(Cc2ccccc2)c(=O)c1SC.